The maximum atomic E-state index is 8.94. The number of para-hydroxylation sites is 1. The Bertz CT molecular complexity index is 2490. The van der Waals surface area contributed by atoms with Crippen LogP contribution in [0.15, 0.2) is 132 Å². The van der Waals surface area contributed by atoms with Gasteiger partial charge in [0.15, 0.2) is 17.5 Å². The summed E-state index contributed by atoms with van der Waals surface area (Å²) in [5.41, 5.74) is 1.10. The summed E-state index contributed by atoms with van der Waals surface area (Å²) in [4.78, 5) is 13.6. The second-order valence-electron chi connectivity index (χ2n) is 8.01. The fourth-order valence-electron chi connectivity index (χ4n) is 4.06. The minimum atomic E-state index is -0.626. The van der Waals surface area contributed by atoms with E-state index in [1.54, 1.807) is 12.1 Å². The van der Waals surface area contributed by atoms with Gasteiger partial charge in [-0.25, -0.2) is 15.0 Å². The molecule has 0 aliphatic carbocycles. The van der Waals surface area contributed by atoms with E-state index in [9.17, 15) is 0 Å². The zero-order valence-corrected chi connectivity index (χ0v) is 18.9. The molecule has 174 valence electrons. The Morgan fingerprint density at radius 1 is 0.486 bits per heavy atom. The highest BCUT2D eigenvalue weighted by Gasteiger charge is 2.17. The number of hydrogen-bond donors (Lipinski definition) is 0. The minimum Gasteiger partial charge on any atom is -0.456 e. The zero-order chi connectivity index (χ0) is 35.0. The molecule has 4 heteroatoms. The Balaban J connectivity index is 1.59. The van der Waals surface area contributed by atoms with Crippen molar-refractivity contribution in [3.63, 3.8) is 0 Å². The van der Waals surface area contributed by atoms with Crippen molar-refractivity contribution >= 4 is 21.9 Å². The van der Waals surface area contributed by atoms with Gasteiger partial charge >= 0.3 is 0 Å². The molecule has 0 radical (unpaired) electrons. The Hall–Kier alpha value is -5.09. The van der Waals surface area contributed by atoms with Crippen LogP contribution in [0.5, 0.6) is 0 Å². The first-order chi connectivity index (χ1) is 23.3. The highest BCUT2D eigenvalue weighted by Crippen LogP contribution is 2.36. The van der Waals surface area contributed by atoms with E-state index in [2.05, 4.69) is 15.0 Å². The number of furan rings is 1. The molecule has 7 rings (SSSR count). The molecular formula is C33H21N3O. The standard InChI is InChI=1S/C33H21N3O/c1-3-10-22(11-4-1)23-18-20-25(21-19-23)32-34-31(24-12-5-2-6-13-24)35-33(36-32)27-15-9-17-29-30(27)26-14-7-8-16-28(26)37-29/h1-21H/i2D,5D,6D,7D,8D,9D,12D,13D,14D,15D,16D,17D. The van der Waals surface area contributed by atoms with Gasteiger partial charge in [-0.15, -0.1) is 0 Å². The van der Waals surface area contributed by atoms with Gasteiger partial charge in [0.1, 0.15) is 11.2 Å². The van der Waals surface area contributed by atoms with Crippen LogP contribution in [0.4, 0.5) is 0 Å². The second-order valence-corrected chi connectivity index (χ2v) is 8.01. The second kappa shape index (κ2) is 8.85. The first-order valence-electron chi connectivity index (χ1n) is 17.2. The van der Waals surface area contributed by atoms with Crippen molar-refractivity contribution in [2.24, 2.45) is 0 Å². The van der Waals surface area contributed by atoms with Crippen molar-refractivity contribution in [1.82, 2.24) is 15.0 Å². The lowest BCUT2D eigenvalue weighted by Gasteiger charge is -2.10. The van der Waals surface area contributed by atoms with Crippen LogP contribution in [0.1, 0.15) is 16.4 Å². The van der Waals surface area contributed by atoms with Crippen molar-refractivity contribution in [1.29, 1.82) is 0 Å². The van der Waals surface area contributed by atoms with Gasteiger partial charge < -0.3 is 4.42 Å². The lowest BCUT2D eigenvalue weighted by molar-refractivity contribution is 0.669. The van der Waals surface area contributed by atoms with E-state index in [0.717, 1.165) is 11.1 Å². The number of nitrogens with zero attached hydrogens (tertiary/aromatic N) is 3. The smallest absolute Gasteiger partial charge is 0.164 e. The number of rotatable bonds is 4. The molecule has 7 aromatic rings. The summed E-state index contributed by atoms with van der Waals surface area (Å²) < 4.78 is 107. The summed E-state index contributed by atoms with van der Waals surface area (Å²) in [6.45, 7) is 0. The van der Waals surface area contributed by atoms with Crippen molar-refractivity contribution < 1.29 is 20.9 Å². The SMILES string of the molecule is [2H]c1c([2H])c([2H])c(-c2nc(-c3ccc(-c4ccccc4)cc3)nc(-c3c([2H])c([2H])c([2H])c4oc5c([2H])c([2H])c([2H])c([2H])c5c34)n2)c([2H])c1[2H]. The molecule has 0 amide bonds. The molecule has 0 unspecified atom stereocenters. The van der Waals surface area contributed by atoms with Gasteiger partial charge in [0.2, 0.25) is 0 Å². The first-order valence-corrected chi connectivity index (χ1v) is 11.2. The Labute approximate surface area is 230 Å². The number of benzene rings is 5. The number of aromatic nitrogens is 3. The lowest BCUT2D eigenvalue weighted by Crippen LogP contribution is -2.00. The molecule has 0 atom stereocenters. The third kappa shape index (κ3) is 3.85. The first kappa shape index (κ1) is 12.2. The Kier molecular flexibility index (Phi) is 2.93. The van der Waals surface area contributed by atoms with Crippen molar-refractivity contribution in [3.05, 3.63) is 127 Å². The topological polar surface area (TPSA) is 51.8 Å². The van der Waals surface area contributed by atoms with Crippen molar-refractivity contribution in [3.8, 4) is 45.3 Å². The minimum absolute atomic E-state index is 0.0184. The molecule has 0 aliphatic rings. The van der Waals surface area contributed by atoms with Crippen LogP contribution in [0.2, 0.25) is 0 Å². The predicted octanol–water partition coefficient (Wildman–Crippen LogP) is 8.44. The number of fused-ring (bicyclic) bond motifs is 3. The van der Waals surface area contributed by atoms with E-state index in [0.29, 0.717) is 5.56 Å². The number of hydrogen-bond acceptors (Lipinski definition) is 4. The van der Waals surface area contributed by atoms with E-state index >= 15 is 0 Å². The molecule has 0 N–H and O–H groups in total. The largest absolute Gasteiger partial charge is 0.456 e. The maximum absolute atomic E-state index is 8.94. The maximum Gasteiger partial charge on any atom is 0.164 e. The highest BCUT2D eigenvalue weighted by atomic mass is 16.3. The summed E-state index contributed by atoms with van der Waals surface area (Å²) >= 11 is 0. The van der Waals surface area contributed by atoms with Gasteiger partial charge in [-0.3, -0.25) is 0 Å². The predicted molar refractivity (Wildman–Crippen MR) is 149 cm³/mol. The quantitative estimate of drug-likeness (QED) is 0.250. The fraction of sp³-hybridized carbons (Fsp3) is 0. The van der Waals surface area contributed by atoms with Crippen LogP contribution >= 0.6 is 0 Å². The molecule has 0 bridgehead atoms. The van der Waals surface area contributed by atoms with E-state index in [1.165, 1.54) is 0 Å². The highest BCUT2D eigenvalue weighted by molar-refractivity contribution is 6.11. The fourth-order valence-corrected chi connectivity index (χ4v) is 4.06. The molecule has 5 aromatic carbocycles. The Morgan fingerprint density at radius 2 is 1.11 bits per heavy atom. The molecule has 0 aliphatic heterocycles. The molecular weight excluding hydrogens is 454 g/mol. The van der Waals surface area contributed by atoms with E-state index < -0.39 is 72.5 Å². The molecule has 0 saturated carbocycles. The van der Waals surface area contributed by atoms with Crippen LogP contribution in [-0.4, -0.2) is 15.0 Å². The van der Waals surface area contributed by atoms with Gasteiger partial charge in [0.05, 0.1) is 16.4 Å². The molecule has 0 spiro atoms. The van der Waals surface area contributed by atoms with Crippen molar-refractivity contribution in [2.75, 3.05) is 0 Å². The summed E-state index contributed by atoms with van der Waals surface area (Å²) in [6, 6.07) is 9.71. The van der Waals surface area contributed by atoms with Gasteiger partial charge in [0.25, 0.3) is 0 Å². The lowest BCUT2D eigenvalue weighted by atomic mass is 10.0. The third-order valence-electron chi connectivity index (χ3n) is 5.78. The summed E-state index contributed by atoms with van der Waals surface area (Å²) in [5, 5.41) is -0.270. The molecule has 0 fully saturated rings. The van der Waals surface area contributed by atoms with Crippen LogP contribution in [0.3, 0.4) is 0 Å². The van der Waals surface area contributed by atoms with Crippen LogP contribution in [-0.2, 0) is 0 Å². The normalized spacial score (nSPS) is 15.8. The van der Waals surface area contributed by atoms with Crippen LogP contribution in [0.25, 0.3) is 67.2 Å². The van der Waals surface area contributed by atoms with Gasteiger partial charge in [-0.1, -0.05) is 115 Å². The molecule has 2 heterocycles. The summed E-state index contributed by atoms with van der Waals surface area (Å²) in [6.07, 6.45) is 0. The molecule has 37 heavy (non-hydrogen) atoms. The van der Waals surface area contributed by atoms with E-state index in [-0.39, 0.29) is 50.5 Å². The van der Waals surface area contributed by atoms with Crippen molar-refractivity contribution in [2.45, 2.75) is 0 Å². The van der Waals surface area contributed by atoms with Gasteiger partial charge in [-0.05, 0) is 23.2 Å². The average Bonchev–Trinajstić information content (AvgIpc) is 3.51. The Morgan fingerprint density at radius 3 is 1.92 bits per heavy atom. The van der Waals surface area contributed by atoms with Gasteiger partial charge in [0, 0.05) is 27.5 Å². The van der Waals surface area contributed by atoms with Crippen LogP contribution in [0, 0.1) is 0 Å². The summed E-state index contributed by atoms with van der Waals surface area (Å²) in [5.74, 6) is -0.666. The van der Waals surface area contributed by atoms with E-state index in [1.807, 2.05) is 42.5 Å². The summed E-state index contributed by atoms with van der Waals surface area (Å²) in [7, 11) is 0. The molecule has 4 nitrogen and oxygen atoms in total. The average molecular weight is 488 g/mol. The molecule has 2 aromatic heterocycles. The molecule has 0 saturated heterocycles. The monoisotopic (exact) mass is 487 g/mol. The zero-order valence-electron chi connectivity index (χ0n) is 30.9. The van der Waals surface area contributed by atoms with Gasteiger partial charge in [-0.2, -0.15) is 0 Å². The van der Waals surface area contributed by atoms with Crippen LogP contribution < -0.4 is 0 Å². The van der Waals surface area contributed by atoms with E-state index in [4.69, 9.17) is 20.9 Å². The third-order valence-corrected chi connectivity index (χ3v) is 5.78.